The van der Waals surface area contributed by atoms with Crippen LogP contribution in [0.5, 0.6) is 11.5 Å². The molecule has 0 aromatic heterocycles. The van der Waals surface area contributed by atoms with Crippen LogP contribution in [0, 0.1) is 11.7 Å². The highest BCUT2D eigenvalue weighted by Crippen LogP contribution is 2.28. The van der Waals surface area contributed by atoms with Crippen LogP contribution < -0.4 is 14.2 Å². The number of halogens is 1. The topological polar surface area (TPSA) is 88.2 Å². The fourth-order valence-electron chi connectivity index (χ4n) is 3.93. The third-order valence-corrected chi connectivity index (χ3v) is 7.35. The summed E-state index contributed by atoms with van der Waals surface area (Å²) in [5.41, 5.74) is 1.06. The van der Waals surface area contributed by atoms with E-state index in [1.54, 1.807) is 33.0 Å². The van der Waals surface area contributed by atoms with E-state index < -0.39 is 26.8 Å². The third-order valence-electron chi connectivity index (χ3n) is 5.88. The molecule has 1 heterocycles. The molecule has 0 bridgehead atoms. The highest BCUT2D eigenvalue weighted by atomic mass is 32.2. The summed E-state index contributed by atoms with van der Waals surface area (Å²) in [6, 6.07) is 9.92. The van der Waals surface area contributed by atoms with Crippen molar-refractivity contribution in [2.75, 3.05) is 40.4 Å². The molecule has 8 nitrogen and oxygen atoms in total. The number of sulfonamides is 1. The van der Waals surface area contributed by atoms with E-state index in [2.05, 4.69) is 9.62 Å². The largest absolute Gasteiger partial charge is 0.493 e. The number of methoxy groups -OCH3 is 2. The van der Waals surface area contributed by atoms with Crippen LogP contribution in [-0.4, -0.2) is 70.6 Å². The van der Waals surface area contributed by atoms with Crippen LogP contribution in [0.25, 0.3) is 0 Å². The number of ether oxygens (including phenoxy) is 2. The fourth-order valence-corrected chi connectivity index (χ4v) is 5.34. The molecule has 0 aliphatic carbocycles. The molecule has 1 fully saturated rings. The van der Waals surface area contributed by atoms with Crippen molar-refractivity contribution < 1.29 is 27.1 Å². The van der Waals surface area contributed by atoms with Crippen molar-refractivity contribution in [2.24, 2.45) is 5.92 Å². The highest BCUT2D eigenvalue weighted by molar-refractivity contribution is 7.89. The zero-order valence-corrected chi connectivity index (χ0v) is 20.8. The van der Waals surface area contributed by atoms with Gasteiger partial charge in [-0.3, -0.25) is 9.69 Å². The smallest absolute Gasteiger partial charge is 0.244 e. The Kier molecular flexibility index (Phi) is 8.51. The number of carbonyl (C=O) groups is 1. The number of nitrogens with one attached hydrogen (secondary N) is 1. The van der Waals surface area contributed by atoms with Crippen LogP contribution in [0.3, 0.4) is 0 Å². The summed E-state index contributed by atoms with van der Waals surface area (Å²) >= 11 is 0. The number of benzene rings is 2. The summed E-state index contributed by atoms with van der Waals surface area (Å²) in [4.78, 5) is 16.6. The molecule has 1 saturated heterocycles. The van der Waals surface area contributed by atoms with Crippen molar-refractivity contribution in [1.29, 1.82) is 0 Å². The van der Waals surface area contributed by atoms with E-state index >= 15 is 0 Å². The van der Waals surface area contributed by atoms with Gasteiger partial charge in [0, 0.05) is 32.7 Å². The predicted molar refractivity (Wildman–Crippen MR) is 127 cm³/mol. The van der Waals surface area contributed by atoms with Gasteiger partial charge < -0.3 is 14.4 Å². The van der Waals surface area contributed by atoms with Gasteiger partial charge >= 0.3 is 0 Å². The van der Waals surface area contributed by atoms with E-state index in [1.807, 2.05) is 18.2 Å². The number of rotatable bonds is 9. The van der Waals surface area contributed by atoms with E-state index in [4.69, 9.17) is 9.47 Å². The summed E-state index contributed by atoms with van der Waals surface area (Å²) in [7, 11) is -1.00. The Morgan fingerprint density at radius 3 is 2.26 bits per heavy atom. The average Bonchev–Trinajstić information content (AvgIpc) is 2.82. The first-order chi connectivity index (χ1) is 16.2. The van der Waals surface area contributed by atoms with Crippen LogP contribution in [0.4, 0.5) is 4.39 Å². The van der Waals surface area contributed by atoms with Crippen molar-refractivity contribution in [2.45, 2.75) is 31.3 Å². The van der Waals surface area contributed by atoms with Gasteiger partial charge in [0.15, 0.2) is 11.5 Å². The van der Waals surface area contributed by atoms with E-state index in [-0.39, 0.29) is 11.8 Å². The SMILES string of the molecule is COc1ccc(CN2CCN(C(=O)[C@@H](NS(=O)(=O)c3ccccc3F)C(C)C)CC2)cc1OC. The Morgan fingerprint density at radius 1 is 1.03 bits per heavy atom. The summed E-state index contributed by atoms with van der Waals surface area (Å²) in [5, 5.41) is 0. The normalized spacial score (nSPS) is 15.9. The molecule has 0 spiro atoms. The van der Waals surface area contributed by atoms with Crippen molar-refractivity contribution in [3.63, 3.8) is 0 Å². The van der Waals surface area contributed by atoms with Gasteiger partial charge in [-0.15, -0.1) is 0 Å². The molecule has 0 radical (unpaired) electrons. The quantitative estimate of drug-likeness (QED) is 0.578. The molecule has 1 aliphatic rings. The molecular weight excluding hydrogens is 461 g/mol. The highest BCUT2D eigenvalue weighted by Gasteiger charge is 2.34. The Bertz CT molecular complexity index is 1100. The number of nitrogens with zero attached hydrogens (tertiary/aromatic N) is 2. The van der Waals surface area contributed by atoms with E-state index in [1.165, 1.54) is 18.2 Å². The lowest BCUT2D eigenvalue weighted by atomic mass is 10.0. The van der Waals surface area contributed by atoms with Crippen LogP contribution in [0.2, 0.25) is 0 Å². The molecule has 2 aromatic rings. The lowest BCUT2D eigenvalue weighted by Crippen LogP contribution is -2.56. The maximum absolute atomic E-state index is 14.1. The van der Waals surface area contributed by atoms with E-state index in [0.717, 1.165) is 11.6 Å². The van der Waals surface area contributed by atoms with E-state index in [9.17, 15) is 17.6 Å². The molecule has 1 N–H and O–H groups in total. The second-order valence-electron chi connectivity index (χ2n) is 8.56. The molecule has 1 atom stereocenters. The number of carbonyl (C=O) groups excluding carboxylic acids is 1. The molecule has 0 unspecified atom stereocenters. The molecule has 1 aliphatic heterocycles. The first-order valence-corrected chi connectivity index (χ1v) is 12.6. The molecule has 1 amide bonds. The summed E-state index contributed by atoms with van der Waals surface area (Å²) < 4.78 is 52.7. The van der Waals surface area contributed by atoms with Crippen LogP contribution in [0.1, 0.15) is 19.4 Å². The Labute approximate surface area is 200 Å². The predicted octanol–water partition coefficient (Wildman–Crippen LogP) is 2.49. The molecule has 34 heavy (non-hydrogen) atoms. The summed E-state index contributed by atoms with van der Waals surface area (Å²) in [5.74, 6) is -0.136. The minimum absolute atomic E-state index is 0.305. The lowest BCUT2D eigenvalue weighted by Gasteiger charge is -2.37. The Morgan fingerprint density at radius 2 is 1.68 bits per heavy atom. The zero-order valence-electron chi connectivity index (χ0n) is 20.0. The summed E-state index contributed by atoms with van der Waals surface area (Å²) in [6.45, 7) is 6.44. The molecule has 2 aromatic carbocycles. The van der Waals surface area contributed by atoms with Gasteiger partial charge in [0.25, 0.3) is 0 Å². The van der Waals surface area contributed by atoms with Crippen molar-refractivity contribution in [3.8, 4) is 11.5 Å². The van der Waals surface area contributed by atoms with Crippen LogP contribution in [-0.2, 0) is 21.4 Å². The second-order valence-corrected chi connectivity index (χ2v) is 10.2. The number of hydrogen-bond donors (Lipinski definition) is 1. The second kappa shape index (κ2) is 11.2. The van der Waals surface area contributed by atoms with E-state index in [0.29, 0.717) is 44.2 Å². The monoisotopic (exact) mass is 493 g/mol. The average molecular weight is 494 g/mol. The van der Waals surface area contributed by atoms with Crippen LogP contribution in [0.15, 0.2) is 47.4 Å². The molecule has 186 valence electrons. The van der Waals surface area contributed by atoms with Gasteiger partial charge in [-0.2, -0.15) is 4.72 Å². The summed E-state index contributed by atoms with van der Waals surface area (Å²) in [6.07, 6.45) is 0. The first kappa shape index (κ1) is 25.9. The van der Waals surface area contributed by atoms with Gasteiger partial charge in [-0.05, 0) is 35.7 Å². The van der Waals surface area contributed by atoms with Crippen molar-refractivity contribution in [3.05, 3.63) is 53.8 Å². The standard InChI is InChI=1S/C24H32FN3O5S/c1-17(2)23(26-34(30,31)22-8-6-5-7-19(22)25)24(29)28-13-11-27(12-14-28)16-18-9-10-20(32-3)21(15-18)33-4/h5-10,15,17,23,26H,11-14,16H2,1-4H3/t23-/m0/s1. The lowest BCUT2D eigenvalue weighted by molar-refractivity contribution is -0.135. The molecule has 0 saturated carbocycles. The zero-order chi connectivity index (χ0) is 24.9. The number of hydrogen-bond acceptors (Lipinski definition) is 6. The third kappa shape index (κ3) is 6.05. The Hall–Kier alpha value is -2.69. The number of amides is 1. The van der Waals surface area contributed by atoms with Gasteiger partial charge in [0.05, 0.1) is 14.2 Å². The van der Waals surface area contributed by atoms with Crippen molar-refractivity contribution >= 4 is 15.9 Å². The minimum Gasteiger partial charge on any atom is -0.493 e. The van der Waals surface area contributed by atoms with Gasteiger partial charge in [-0.1, -0.05) is 32.0 Å². The first-order valence-electron chi connectivity index (χ1n) is 11.1. The maximum Gasteiger partial charge on any atom is 0.244 e. The minimum atomic E-state index is -4.19. The fraction of sp³-hybridized carbons (Fsp3) is 0.458. The number of piperazine rings is 1. The maximum atomic E-state index is 14.1. The molecular formula is C24H32FN3O5S. The molecule has 10 heteroatoms. The van der Waals surface area contributed by atoms with Gasteiger partial charge in [0.1, 0.15) is 16.8 Å². The van der Waals surface area contributed by atoms with Gasteiger partial charge in [-0.25, -0.2) is 12.8 Å². The molecule has 3 rings (SSSR count). The van der Waals surface area contributed by atoms with Crippen molar-refractivity contribution in [1.82, 2.24) is 14.5 Å². The van der Waals surface area contributed by atoms with Crippen LogP contribution >= 0.6 is 0 Å². The Balaban J connectivity index is 1.63. The van der Waals surface area contributed by atoms with Gasteiger partial charge in [0.2, 0.25) is 15.9 Å².